The first-order valence-electron chi connectivity index (χ1n) is 14.6. The van der Waals surface area contributed by atoms with E-state index in [4.69, 9.17) is 0 Å². The minimum absolute atomic E-state index is 0.972. The quantitative estimate of drug-likeness (QED) is 0.217. The Morgan fingerprint density at radius 1 is 0.667 bits per heavy atom. The molecule has 0 saturated heterocycles. The van der Waals surface area contributed by atoms with Crippen molar-refractivity contribution in [3.05, 3.63) is 169 Å². The second kappa shape index (κ2) is 9.64. The summed E-state index contributed by atoms with van der Waals surface area (Å²) in [6.45, 7) is 9.20. The number of hydrogen-bond donors (Lipinski definition) is 0. The van der Waals surface area contributed by atoms with E-state index in [1.807, 2.05) is 0 Å². The fourth-order valence-electron chi connectivity index (χ4n) is 6.77. The van der Waals surface area contributed by atoms with Gasteiger partial charge in [-0.15, -0.1) is 0 Å². The van der Waals surface area contributed by atoms with Gasteiger partial charge in [0.2, 0.25) is 0 Å². The smallest absolute Gasteiger partial charge is 0.0611 e. The molecule has 0 unspecified atom stereocenters. The van der Waals surface area contributed by atoms with Crippen LogP contribution in [0.4, 0.5) is 5.69 Å². The predicted octanol–water partition coefficient (Wildman–Crippen LogP) is 10.5. The van der Waals surface area contributed by atoms with Crippen LogP contribution in [-0.2, 0) is 0 Å². The molecule has 4 aromatic carbocycles. The van der Waals surface area contributed by atoms with Crippen molar-refractivity contribution in [1.82, 2.24) is 4.57 Å². The lowest BCUT2D eigenvalue weighted by atomic mass is 9.89. The molecule has 3 heterocycles. The van der Waals surface area contributed by atoms with Gasteiger partial charge in [-0.25, -0.2) is 0 Å². The van der Waals surface area contributed by atoms with Gasteiger partial charge in [-0.1, -0.05) is 110 Å². The minimum Gasteiger partial charge on any atom is -0.323 e. The number of fused-ring (bicyclic) bond motifs is 8. The molecular formula is C40H30N2. The van der Waals surface area contributed by atoms with Crippen LogP contribution in [0.1, 0.15) is 24.1 Å². The monoisotopic (exact) mass is 538 g/mol. The third-order valence-corrected chi connectivity index (χ3v) is 8.77. The second-order valence-corrected chi connectivity index (χ2v) is 11.1. The fourth-order valence-corrected chi connectivity index (χ4v) is 6.77. The van der Waals surface area contributed by atoms with Gasteiger partial charge in [0, 0.05) is 40.0 Å². The van der Waals surface area contributed by atoms with Crippen LogP contribution in [0.2, 0.25) is 0 Å². The van der Waals surface area contributed by atoms with E-state index in [-0.39, 0.29) is 0 Å². The van der Waals surface area contributed by atoms with Crippen LogP contribution < -0.4 is 4.90 Å². The molecule has 2 aliphatic heterocycles. The Bertz CT molecular complexity index is 2110. The molecule has 200 valence electrons. The average molecular weight is 539 g/mol. The average Bonchev–Trinajstić information content (AvgIpc) is 3.33. The zero-order chi connectivity index (χ0) is 28.2. The number of hydrogen-bond acceptors (Lipinski definition) is 1. The molecule has 8 rings (SSSR count). The highest BCUT2D eigenvalue weighted by Gasteiger charge is 2.29. The molecule has 2 nitrogen and oxygen atoms in total. The van der Waals surface area contributed by atoms with E-state index < -0.39 is 0 Å². The van der Waals surface area contributed by atoms with Crippen molar-refractivity contribution in [1.29, 1.82) is 0 Å². The van der Waals surface area contributed by atoms with E-state index in [0.29, 0.717) is 0 Å². The van der Waals surface area contributed by atoms with E-state index in [2.05, 4.69) is 156 Å². The molecule has 42 heavy (non-hydrogen) atoms. The highest BCUT2D eigenvalue weighted by atomic mass is 15.1. The summed E-state index contributed by atoms with van der Waals surface area (Å²) in [5.41, 5.74) is 12.7. The first-order chi connectivity index (χ1) is 20.7. The number of rotatable bonds is 2. The Morgan fingerprint density at radius 2 is 1.43 bits per heavy atom. The first kappa shape index (κ1) is 24.5. The third kappa shape index (κ3) is 3.65. The van der Waals surface area contributed by atoms with E-state index in [0.717, 1.165) is 40.9 Å². The van der Waals surface area contributed by atoms with Crippen LogP contribution in [0.25, 0.3) is 50.1 Å². The van der Waals surface area contributed by atoms with Crippen molar-refractivity contribution >= 4 is 44.7 Å². The number of anilines is 1. The van der Waals surface area contributed by atoms with E-state index in [1.54, 1.807) is 0 Å². The lowest BCUT2D eigenvalue weighted by molar-refractivity contribution is 0.947. The van der Waals surface area contributed by atoms with Gasteiger partial charge in [0.25, 0.3) is 0 Å². The zero-order valence-electron chi connectivity index (χ0n) is 23.4. The Kier molecular flexibility index (Phi) is 5.61. The highest BCUT2D eigenvalue weighted by molar-refractivity contribution is 6.06. The standard InChI is InChI=1S/C40H30N2/c1-27-28(2)40-36-24-26-41(37-23-22-31(29-13-4-3-5-14-29)32-15-6-7-17-34(32)37)25-12-19-30(27)33-16-8-10-20-38(33)42(40)39-21-11-9-18-35(36)39/h3-9,11-19,21-26H,1-2,10,20H2/b25-12-,26-24-,30-19+. The lowest BCUT2D eigenvalue weighted by Crippen LogP contribution is -2.08. The molecule has 0 radical (unpaired) electrons. The molecule has 0 saturated carbocycles. The second-order valence-electron chi connectivity index (χ2n) is 11.1. The third-order valence-electron chi connectivity index (χ3n) is 8.77. The molecule has 0 fully saturated rings. The largest absolute Gasteiger partial charge is 0.323 e. The Balaban J connectivity index is 1.40. The summed E-state index contributed by atoms with van der Waals surface area (Å²) in [6.07, 6.45) is 17.5. The summed E-state index contributed by atoms with van der Waals surface area (Å²) in [7, 11) is 0. The van der Waals surface area contributed by atoms with Gasteiger partial charge in [-0.05, 0) is 70.4 Å². The molecular weight excluding hydrogens is 508 g/mol. The normalized spacial score (nSPS) is 19.0. The SMILES string of the molecule is C=C1C(=C)c2c3c4ccccc4n2C2=C(C=CCC2)/C1=C/C=C\N(c1ccc(-c2ccccc2)c2ccccc12)/C=C\3. The zero-order valence-corrected chi connectivity index (χ0v) is 23.4. The molecule has 0 spiro atoms. The summed E-state index contributed by atoms with van der Waals surface area (Å²) < 4.78 is 2.45. The summed E-state index contributed by atoms with van der Waals surface area (Å²) in [6, 6.07) is 32.5. The summed E-state index contributed by atoms with van der Waals surface area (Å²) in [5.74, 6) is 0. The van der Waals surface area contributed by atoms with Crippen LogP contribution in [0.15, 0.2) is 158 Å². The van der Waals surface area contributed by atoms with Crippen LogP contribution in [0.5, 0.6) is 0 Å². The van der Waals surface area contributed by atoms with Crippen molar-refractivity contribution < 1.29 is 0 Å². The molecule has 1 aliphatic carbocycles. The fraction of sp³-hybridized carbons (Fsp3) is 0.0500. The maximum absolute atomic E-state index is 4.62. The van der Waals surface area contributed by atoms with E-state index in [1.165, 1.54) is 49.6 Å². The molecule has 5 aromatic rings. The summed E-state index contributed by atoms with van der Waals surface area (Å²) in [4.78, 5) is 2.24. The highest BCUT2D eigenvalue weighted by Crippen LogP contribution is 2.46. The van der Waals surface area contributed by atoms with Crippen molar-refractivity contribution in [2.45, 2.75) is 12.8 Å². The van der Waals surface area contributed by atoms with Crippen LogP contribution in [0, 0.1) is 0 Å². The molecule has 2 bridgehead atoms. The van der Waals surface area contributed by atoms with Crippen LogP contribution >= 0.6 is 0 Å². The number of aromatic nitrogens is 1. The molecule has 1 aromatic heterocycles. The topological polar surface area (TPSA) is 8.17 Å². The lowest BCUT2D eigenvalue weighted by Gasteiger charge is -2.21. The first-order valence-corrected chi connectivity index (χ1v) is 14.6. The van der Waals surface area contributed by atoms with Gasteiger partial charge >= 0.3 is 0 Å². The van der Waals surface area contributed by atoms with Gasteiger partial charge in [-0.2, -0.15) is 0 Å². The maximum Gasteiger partial charge on any atom is 0.0611 e. The Morgan fingerprint density at radius 3 is 2.29 bits per heavy atom. The molecule has 0 amide bonds. The van der Waals surface area contributed by atoms with Crippen LogP contribution in [-0.4, -0.2) is 4.57 Å². The van der Waals surface area contributed by atoms with Crippen LogP contribution in [0.3, 0.4) is 0 Å². The molecule has 3 aliphatic rings. The maximum atomic E-state index is 4.62. The number of para-hydroxylation sites is 1. The number of allylic oxidation sites excluding steroid dienone is 9. The summed E-state index contributed by atoms with van der Waals surface area (Å²) >= 11 is 0. The minimum atomic E-state index is 0.972. The van der Waals surface area contributed by atoms with E-state index >= 15 is 0 Å². The molecule has 2 heteroatoms. The van der Waals surface area contributed by atoms with Crippen molar-refractivity contribution in [2.75, 3.05) is 4.90 Å². The Hall–Kier alpha value is -5.34. The Labute approximate surface area is 246 Å². The predicted molar refractivity (Wildman–Crippen MR) is 180 cm³/mol. The molecule has 0 N–H and O–H groups in total. The van der Waals surface area contributed by atoms with Crippen molar-refractivity contribution in [3.63, 3.8) is 0 Å². The van der Waals surface area contributed by atoms with Gasteiger partial charge < -0.3 is 9.47 Å². The van der Waals surface area contributed by atoms with Crippen molar-refractivity contribution in [3.8, 4) is 11.1 Å². The van der Waals surface area contributed by atoms with E-state index in [9.17, 15) is 0 Å². The number of nitrogens with zero attached hydrogens (tertiary/aromatic N) is 2. The summed E-state index contributed by atoms with van der Waals surface area (Å²) in [5, 5.41) is 3.66. The van der Waals surface area contributed by atoms with Gasteiger partial charge in [0.05, 0.1) is 16.9 Å². The van der Waals surface area contributed by atoms with Gasteiger partial charge in [-0.3, -0.25) is 0 Å². The molecule has 0 atom stereocenters. The van der Waals surface area contributed by atoms with Crippen molar-refractivity contribution in [2.24, 2.45) is 0 Å². The van der Waals surface area contributed by atoms with Gasteiger partial charge in [0.1, 0.15) is 0 Å². The number of benzene rings is 4. The van der Waals surface area contributed by atoms with Gasteiger partial charge in [0.15, 0.2) is 0 Å².